The fourth-order valence-corrected chi connectivity index (χ4v) is 4.24. The van der Waals surface area contributed by atoms with Gasteiger partial charge in [0.1, 0.15) is 6.07 Å². The van der Waals surface area contributed by atoms with Gasteiger partial charge in [0.05, 0.1) is 23.6 Å². The predicted molar refractivity (Wildman–Crippen MR) is 121 cm³/mol. The highest BCUT2D eigenvalue weighted by Crippen LogP contribution is 2.31. The summed E-state index contributed by atoms with van der Waals surface area (Å²) in [5.74, 6) is 1.25. The number of rotatable bonds is 7. The lowest BCUT2D eigenvalue weighted by molar-refractivity contribution is -0.125. The molecule has 0 aliphatic carbocycles. The van der Waals surface area contributed by atoms with Crippen molar-refractivity contribution in [3.05, 3.63) is 54.7 Å². The van der Waals surface area contributed by atoms with Crippen LogP contribution in [0.5, 0.6) is 0 Å². The molecule has 0 bridgehead atoms. The van der Waals surface area contributed by atoms with Crippen LogP contribution in [0.4, 0.5) is 5.88 Å². The monoisotopic (exact) mass is 444 g/mol. The number of fused-ring (bicyclic) bond motifs is 1. The number of hydrogen-bond donors (Lipinski definition) is 1. The summed E-state index contributed by atoms with van der Waals surface area (Å²) >= 11 is 0. The van der Waals surface area contributed by atoms with Crippen molar-refractivity contribution in [1.29, 1.82) is 5.26 Å². The number of amides is 1. The van der Waals surface area contributed by atoms with Crippen LogP contribution >= 0.6 is 0 Å². The van der Waals surface area contributed by atoms with Crippen molar-refractivity contribution < 1.29 is 13.6 Å². The molecule has 1 fully saturated rings. The summed E-state index contributed by atoms with van der Waals surface area (Å²) in [7, 11) is 0. The molecule has 168 valence electrons. The molecule has 0 radical (unpaired) electrons. The standard InChI is InChI=1S/C24H24N6O3/c25-15-19-24(33-23(28-19)21-7-3-14-32-21)29-12-8-17(9-13-29)22(31)26-10-4-11-30-16-27-18-5-1-2-6-20(18)30/h1-3,5-7,14,16-17H,4,8-13H2,(H,26,31). The maximum atomic E-state index is 12.6. The van der Waals surface area contributed by atoms with E-state index in [1.807, 2.05) is 29.4 Å². The van der Waals surface area contributed by atoms with Gasteiger partial charge in [-0.2, -0.15) is 10.2 Å². The Labute approximate surface area is 190 Å². The number of aromatic nitrogens is 3. The number of benzene rings is 1. The van der Waals surface area contributed by atoms with Crippen molar-refractivity contribution in [2.75, 3.05) is 24.5 Å². The van der Waals surface area contributed by atoms with Gasteiger partial charge in [-0.05, 0) is 43.5 Å². The molecule has 4 aromatic rings. The Balaban J connectivity index is 1.11. The number of oxazole rings is 1. The van der Waals surface area contributed by atoms with E-state index in [2.05, 4.69) is 32.0 Å². The summed E-state index contributed by atoms with van der Waals surface area (Å²) in [5, 5.41) is 12.5. The molecule has 4 heterocycles. The molecule has 1 amide bonds. The predicted octanol–water partition coefficient (Wildman–Crippen LogP) is 3.58. The fourth-order valence-electron chi connectivity index (χ4n) is 4.24. The highest BCUT2D eigenvalue weighted by atomic mass is 16.4. The second-order valence-corrected chi connectivity index (χ2v) is 8.09. The van der Waals surface area contributed by atoms with Crippen molar-refractivity contribution in [2.45, 2.75) is 25.8 Å². The molecule has 33 heavy (non-hydrogen) atoms. The third kappa shape index (κ3) is 4.32. The summed E-state index contributed by atoms with van der Waals surface area (Å²) in [4.78, 5) is 23.3. The molecular weight excluding hydrogens is 420 g/mol. The average Bonchev–Trinajstić information content (AvgIpc) is 3.61. The van der Waals surface area contributed by atoms with Crippen LogP contribution in [0.15, 0.2) is 57.8 Å². The molecule has 0 atom stereocenters. The largest absolute Gasteiger partial charge is 0.459 e. The first-order chi connectivity index (χ1) is 16.2. The van der Waals surface area contributed by atoms with Crippen LogP contribution in [0.1, 0.15) is 25.0 Å². The number of piperidine rings is 1. The van der Waals surface area contributed by atoms with Gasteiger partial charge in [-0.15, -0.1) is 0 Å². The van der Waals surface area contributed by atoms with Crippen LogP contribution in [0.25, 0.3) is 22.7 Å². The van der Waals surface area contributed by atoms with Gasteiger partial charge < -0.3 is 23.6 Å². The second-order valence-electron chi connectivity index (χ2n) is 8.09. The number of para-hydroxylation sites is 2. The molecule has 0 unspecified atom stereocenters. The van der Waals surface area contributed by atoms with Crippen LogP contribution in [0.3, 0.4) is 0 Å². The van der Waals surface area contributed by atoms with Gasteiger partial charge in [0.15, 0.2) is 5.76 Å². The van der Waals surface area contributed by atoms with Crippen LogP contribution in [-0.2, 0) is 11.3 Å². The molecule has 0 spiro atoms. The number of nitrogens with zero attached hydrogens (tertiary/aromatic N) is 5. The summed E-state index contributed by atoms with van der Waals surface area (Å²) in [6, 6.07) is 13.6. The number of carbonyl (C=O) groups excluding carboxylic acids is 1. The first-order valence-electron chi connectivity index (χ1n) is 11.1. The molecule has 1 saturated heterocycles. The van der Waals surface area contributed by atoms with E-state index in [0.717, 1.165) is 24.0 Å². The van der Waals surface area contributed by atoms with Gasteiger partial charge in [0.2, 0.25) is 17.5 Å². The van der Waals surface area contributed by atoms with E-state index in [1.165, 1.54) is 6.26 Å². The minimum absolute atomic E-state index is 0.0478. The molecule has 1 aliphatic rings. The smallest absolute Gasteiger partial charge is 0.266 e. The van der Waals surface area contributed by atoms with E-state index in [4.69, 9.17) is 8.83 Å². The van der Waals surface area contributed by atoms with Crippen molar-refractivity contribution in [3.63, 3.8) is 0 Å². The summed E-state index contributed by atoms with van der Waals surface area (Å²) in [5.41, 5.74) is 2.32. The van der Waals surface area contributed by atoms with E-state index < -0.39 is 0 Å². The minimum Gasteiger partial charge on any atom is -0.459 e. The normalized spacial score (nSPS) is 14.5. The fraction of sp³-hybridized carbons (Fsp3) is 0.333. The molecule has 1 N–H and O–H groups in total. The molecular formula is C24H24N6O3. The Morgan fingerprint density at radius 3 is 2.85 bits per heavy atom. The van der Waals surface area contributed by atoms with Gasteiger partial charge in [0, 0.05) is 32.1 Å². The van der Waals surface area contributed by atoms with Crippen LogP contribution in [0.2, 0.25) is 0 Å². The number of nitriles is 1. The van der Waals surface area contributed by atoms with Gasteiger partial charge in [-0.1, -0.05) is 12.1 Å². The highest BCUT2D eigenvalue weighted by molar-refractivity contribution is 5.79. The zero-order valence-electron chi connectivity index (χ0n) is 18.1. The lowest BCUT2D eigenvalue weighted by Gasteiger charge is -2.31. The summed E-state index contributed by atoms with van der Waals surface area (Å²) in [6.45, 7) is 2.68. The Morgan fingerprint density at radius 1 is 1.21 bits per heavy atom. The SMILES string of the molecule is N#Cc1nc(-c2ccco2)oc1N1CCC(C(=O)NCCCn2cnc3ccccc32)CC1. The average molecular weight is 444 g/mol. The highest BCUT2D eigenvalue weighted by Gasteiger charge is 2.29. The first-order valence-corrected chi connectivity index (χ1v) is 11.1. The van der Waals surface area contributed by atoms with Crippen molar-refractivity contribution in [2.24, 2.45) is 5.92 Å². The third-order valence-corrected chi connectivity index (χ3v) is 6.00. The van der Waals surface area contributed by atoms with E-state index in [9.17, 15) is 10.1 Å². The molecule has 3 aromatic heterocycles. The van der Waals surface area contributed by atoms with E-state index >= 15 is 0 Å². The first kappa shape index (κ1) is 20.8. The second kappa shape index (κ2) is 9.20. The topological polar surface area (TPSA) is 113 Å². The zero-order valence-corrected chi connectivity index (χ0v) is 18.1. The molecule has 1 aliphatic heterocycles. The number of furan rings is 1. The lowest BCUT2D eigenvalue weighted by Crippen LogP contribution is -2.41. The van der Waals surface area contributed by atoms with E-state index in [1.54, 1.807) is 12.1 Å². The van der Waals surface area contributed by atoms with Gasteiger partial charge >= 0.3 is 0 Å². The van der Waals surface area contributed by atoms with Gasteiger partial charge in [-0.3, -0.25) is 4.79 Å². The quantitative estimate of drug-likeness (QED) is 0.434. The molecule has 9 heteroatoms. The maximum absolute atomic E-state index is 12.6. The number of hydrogen-bond acceptors (Lipinski definition) is 7. The van der Waals surface area contributed by atoms with Crippen molar-refractivity contribution in [1.82, 2.24) is 19.9 Å². The zero-order chi connectivity index (χ0) is 22.6. The number of nitrogens with one attached hydrogen (secondary N) is 1. The Hall–Kier alpha value is -4.06. The lowest BCUT2D eigenvalue weighted by atomic mass is 9.96. The molecule has 0 saturated carbocycles. The van der Waals surface area contributed by atoms with Crippen LogP contribution in [-0.4, -0.2) is 40.1 Å². The van der Waals surface area contributed by atoms with Crippen LogP contribution in [0, 0.1) is 17.2 Å². The van der Waals surface area contributed by atoms with Crippen molar-refractivity contribution >= 4 is 22.8 Å². The van der Waals surface area contributed by atoms with Gasteiger partial charge in [0.25, 0.3) is 5.89 Å². The minimum atomic E-state index is -0.0478. The molecule has 5 rings (SSSR count). The Bertz CT molecular complexity index is 1280. The number of imidazole rings is 1. The van der Waals surface area contributed by atoms with Crippen molar-refractivity contribution in [3.8, 4) is 17.7 Å². The molecule has 9 nitrogen and oxygen atoms in total. The number of carbonyl (C=O) groups is 1. The Kier molecular flexibility index (Phi) is 5.81. The maximum Gasteiger partial charge on any atom is 0.266 e. The Morgan fingerprint density at radius 2 is 2.06 bits per heavy atom. The summed E-state index contributed by atoms with van der Waals surface area (Å²) < 4.78 is 13.3. The van der Waals surface area contributed by atoms with Gasteiger partial charge in [-0.25, -0.2) is 4.98 Å². The third-order valence-electron chi connectivity index (χ3n) is 6.00. The number of anilines is 1. The van der Waals surface area contributed by atoms with Crippen LogP contribution < -0.4 is 10.2 Å². The number of aryl methyl sites for hydroxylation is 1. The summed E-state index contributed by atoms with van der Waals surface area (Å²) in [6.07, 6.45) is 5.61. The molecule has 1 aromatic carbocycles. The van der Waals surface area contributed by atoms with E-state index in [0.29, 0.717) is 44.1 Å². The van der Waals surface area contributed by atoms with E-state index in [-0.39, 0.29) is 23.4 Å².